The van der Waals surface area contributed by atoms with Crippen LogP contribution in [0.1, 0.15) is 12.8 Å². The second-order valence-corrected chi connectivity index (χ2v) is 4.94. The summed E-state index contributed by atoms with van der Waals surface area (Å²) in [5, 5.41) is 0. The molecule has 2 unspecified atom stereocenters. The molecule has 2 bridgehead atoms. The lowest BCUT2D eigenvalue weighted by molar-refractivity contribution is -0.102. The van der Waals surface area contributed by atoms with Gasteiger partial charge in [0.1, 0.15) is 0 Å². The van der Waals surface area contributed by atoms with E-state index in [9.17, 15) is 0 Å². The van der Waals surface area contributed by atoms with E-state index in [0.717, 1.165) is 31.1 Å². The van der Waals surface area contributed by atoms with E-state index in [1.807, 2.05) is 7.11 Å². The number of hydrogen-bond donors (Lipinski definition) is 0. The molecule has 0 amide bonds. The van der Waals surface area contributed by atoms with Crippen LogP contribution in [0.4, 0.5) is 0 Å². The van der Waals surface area contributed by atoms with Crippen LogP contribution in [0.15, 0.2) is 0 Å². The smallest absolute Gasteiger partial charge is 0.0652 e. The highest BCUT2D eigenvalue weighted by atomic mass is 16.5. The van der Waals surface area contributed by atoms with E-state index in [1.165, 1.54) is 25.9 Å². The first-order valence-corrected chi connectivity index (χ1v) is 5.73. The summed E-state index contributed by atoms with van der Waals surface area (Å²) in [5.74, 6) is 1.58. The van der Waals surface area contributed by atoms with Gasteiger partial charge in [-0.25, -0.2) is 0 Å². The van der Waals surface area contributed by atoms with E-state index in [-0.39, 0.29) is 0 Å². The van der Waals surface area contributed by atoms with E-state index in [1.54, 1.807) is 0 Å². The monoisotopic (exact) mass is 197 g/mol. The van der Waals surface area contributed by atoms with Crippen LogP contribution in [0.25, 0.3) is 0 Å². The zero-order valence-corrected chi connectivity index (χ0v) is 8.82. The van der Waals surface area contributed by atoms with Gasteiger partial charge in [-0.1, -0.05) is 0 Å². The van der Waals surface area contributed by atoms with Crippen LogP contribution in [0.2, 0.25) is 0 Å². The van der Waals surface area contributed by atoms with E-state index < -0.39 is 0 Å². The Morgan fingerprint density at radius 3 is 2.21 bits per heavy atom. The minimum absolute atomic E-state index is 0.548. The number of fused-ring (bicyclic) bond motifs is 2. The van der Waals surface area contributed by atoms with Gasteiger partial charge in [-0.3, -0.25) is 4.90 Å². The number of ether oxygens (including phenoxy) is 2. The Labute approximate surface area is 85.4 Å². The first kappa shape index (κ1) is 9.13. The second-order valence-electron chi connectivity index (χ2n) is 4.94. The first-order chi connectivity index (χ1) is 6.88. The maximum absolute atomic E-state index is 5.60. The number of piperidine rings is 1. The predicted octanol–water partition coefficient (Wildman–Crippen LogP) is 0.742. The average Bonchev–Trinajstić information content (AvgIpc) is 2.33. The van der Waals surface area contributed by atoms with Gasteiger partial charge >= 0.3 is 0 Å². The highest BCUT2D eigenvalue weighted by Gasteiger charge is 2.44. The third-order valence-corrected chi connectivity index (χ3v) is 4.18. The third-order valence-electron chi connectivity index (χ3n) is 4.18. The van der Waals surface area contributed by atoms with Crippen LogP contribution >= 0.6 is 0 Å². The van der Waals surface area contributed by atoms with Gasteiger partial charge < -0.3 is 9.47 Å². The van der Waals surface area contributed by atoms with Crippen LogP contribution in [-0.4, -0.2) is 50.5 Å². The van der Waals surface area contributed by atoms with Gasteiger partial charge in [-0.2, -0.15) is 0 Å². The summed E-state index contributed by atoms with van der Waals surface area (Å²) >= 11 is 0. The third kappa shape index (κ3) is 1.30. The van der Waals surface area contributed by atoms with Crippen molar-refractivity contribution in [3.05, 3.63) is 0 Å². The SMILES string of the molecule is COC1C2CCC1CN(C1COC1)C2. The minimum atomic E-state index is 0.548. The van der Waals surface area contributed by atoms with Gasteiger partial charge in [0, 0.05) is 20.2 Å². The maximum Gasteiger partial charge on any atom is 0.0652 e. The highest BCUT2D eigenvalue weighted by molar-refractivity contribution is 4.96. The van der Waals surface area contributed by atoms with Crippen LogP contribution in [0.3, 0.4) is 0 Å². The number of methoxy groups -OCH3 is 1. The molecule has 2 atom stereocenters. The van der Waals surface area contributed by atoms with Crippen molar-refractivity contribution < 1.29 is 9.47 Å². The summed E-state index contributed by atoms with van der Waals surface area (Å²) < 4.78 is 10.9. The summed E-state index contributed by atoms with van der Waals surface area (Å²) in [4.78, 5) is 2.63. The fourth-order valence-corrected chi connectivity index (χ4v) is 3.33. The van der Waals surface area contributed by atoms with Crippen molar-refractivity contribution in [2.45, 2.75) is 25.0 Å². The molecule has 0 aromatic carbocycles. The van der Waals surface area contributed by atoms with Crippen LogP contribution in [-0.2, 0) is 9.47 Å². The molecule has 0 aromatic rings. The summed E-state index contributed by atoms with van der Waals surface area (Å²) in [6, 6.07) is 0.718. The quantitative estimate of drug-likeness (QED) is 0.652. The summed E-state index contributed by atoms with van der Waals surface area (Å²) in [6.45, 7) is 4.39. The van der Waals surface area contributed by atoms with Gasteiger partial charge in [0.15, 0.2) is 0 Å². The molecule has 80 valence electrons. The molecule has 2 heterocycles. The van der Waals surface area contributed by atoms with Crippen molar-refractivity contribution in [2.24, 2.45) is 11.8 Å². The van der Waals surface area contributed by atoms with Crippen molar-refractivity contribution in [1.82, 2.24) is 4.90 Å². The zero-order chi connectivity index (χ0) is 9.54. The molecule has 1 aliphatic carbocycles. The second kappa shape index (κ2) is 3.47. The van der Waals surface area contributed by atoms with Crippen molar-refractivity contribution in [3.8, 4) is 0 Å². The summed E-state index contributed by atoms with van der Waals surface area (Å²) in [6.07, 6.45) is 3.28. The highest BCUT2D eigenvalue weighted by Crippen LogP contribution is 2.39. The largest absolute Gasteiger partial charge is 0.381 e. The number of nitrogens with zero attached hydrogens (tertiary/aromatic N) is 1. The topological polar surface area (TPSA) is 21.7 Å². The van der Waals surface area contributed by atoms with Crippen LogP contribution in [0.5, 0.6) is 0 Å². The Bertz CT molecular complexity index is 203. The maximum atomic E-state index is 5.60. The molecule has 14 heavy (non-hydrogen) atoms. The van der Waals surface area contributed by atoms with Gasteiger partial charge in [-0.05, 0) is 24.7 Å². The molecule has 2 aliphatic heterocycles. The van der Waals surface area contributed by atoms with Crippen molar-refractivity contribution >= 4 is 0 Å². The molecular formula is C11H19NO2. The van der Waals surface area contributed by atoms with Gasteiger partial charge in [0.25, 0.3) is 0 Å². The number of hydrogen-bond acceptors (Lipinski definition) is 3. The normalized spacial score (nSPS) is 43.9. The van der Waals surface area contributed by atoms with E-state index >= 15 is 0 Å². The molecule has 3 heteroatoms. The first-order valence-electron chi connectivity index (χ1n) is 5.73. The Morgan fingerprint density at radius 1 is 1.14 bits per heavy atom. The fraction of sp³-hybridized carbons (Fsp3) is 1.00. The molecule has 3 aliphatic rings. The molecule has 2 saturated heterocycles. The molecule has 1 saturated carbocycles. The lowest BCUT2D eigenvalue weighted by Gasteiger charge is -2.44. The molecule has 0 aromatic heterocycles. The van der Waals surface area contributed by atoms with Crippen molar-refractivity contribution in [1.29, 1.82) is 0 Å². The molecule has 3 rings (SSSR count). The Morgan fingerprint density at radius 2 is 1.79 bits per heavy atom. The van der Waals surface area contributed by atoms with E-state index in [0.29, 0.717) is 6.10 Å². The number of likely N-dealkylation sites (tertiary alicyclic amines) is 1. The fourth-order valence-electron chi connectivity index (χ4n) is 3.33. The number of rotatable bonds is 2. The minimum Gasteiger partial charge on any atom is -0.381 e. The molecule has 0 spiro atoms. The van der Waals surface area contributed by atoms with Crippen molar-refractivity contribution in [3.63, 3.8) is 0 Å². The Balaban J connectivity index is 1.67. The van der Waals surface area contributed by atoms with Gasteiger partial charge in [-0.15, -0.1) is 0 Å². The molecular weight excluding hydrogens is 178 g/mol. The van der Waals surface area contributed by atoms with E-state index in [2.05, 4.69) is 4.90 Å². The summed E-state index contributed by atoms with van der Waals surface area (Å²) in [5.41, 5.74) is 0. The van der Waals surface area contributed by atoms with E-state index in [4.69, 9.17) is 9.47 Å². The lowest BCUT2D eigenvalue weighted by Crippen LogP contribution is -2.56. The van der Waals surface area contributed by atoms with Gasteiger partial charge in [0.2, 0.25) is 0 Å². The lowest BCUT2D eigenvalue weighted by atomic mass is 9.93. The van der Waals surface area contributed by atoms with Crippen LogP contribution < -0.4 is 0 Å². The van der Waals surface area contributed by atoms with Crippen LogP contribution in [0, 0.1) is 11.8 Å². The van der Waals surface area contributed by atoms with Crippen molar-refractivity contribution in [2.75, 3.05) is 33.4 Å². The summed E-state index contributed by atoms with van der Waals surface area (Å²) in [7, 11) is 1.87. The Hall–Kier alpha value is -0.120. The molecule has 3 nitrogen and oxygen atoms in total. The standard InChI is InChI=1S/C11H19NO2/c1-13-11-8-2-3-9(11)5-12(4-8)10-6-14-7-10/h8-11H,2-7H2,1H3. The average molecular weight is 197 g/mol. The molecule has 0 N–H and O–H groups in total. The van der Waals surface area contributed by atoms with Gasteiger partial charge in [0.05, 0.1) is 25.4 Å². The molecule has 3 fully saturated rings. The predicted molar refractivity (Wildman–Crippen MR) is 53.2 cm³/mol. The molecule has 0 radical (unpaired) electrons. The Kier molecular flexibility index (Phi) is 2.26. The zero-order valence-electron chi connectivity index (χ0n) is 8.82.